The molecule has 8 heteroatoms. The number of fused-ring (bicyclic) bond motifs is 3. The van der Waals surface area contributed by atoms with Gasteiger partial charge in [-0.3, -0.25) is 9.98 Å². The zero-order valence-electron chi connectivity index (χ0n) is 21.4. The highest BCUT2D eigenvalue weighted by Gasteiger charge is 2.24. The quantitative estimate of drug-likeness (QED) is 0.153. The molecule has 0 spiro atoms. The van der Waals surface area contributed by atoms with Crippen LogP contribution in [0.4, 0.5) is 0 Å². The Balaban J connectivity index is 1.82. The van der Waals surface area contributed by atoms with E-state index in [0.717, 1.165) is 54.7 Å². The average Bonchev–Trinajstić information content (AvgIpc) is 3.25. The standard InChI is InChI=1S/C27H38N8/c1-5-7-15-30-26(28)34-32-18(3)20-11-9-13-22-23-14-10-12-21(25(23)17-24(20)22)19(4)33-35-27(29)31-16-8-6-2/h9-14H,5-8,15-17H2,1-4H3,(H3,28,30,34)(H3,29,31,35)/b32-18+,33-19+. The molecule has 6 N–H and O–H groups in total. The van der Waals surface area contributed by atoms with E-state index >= 15 is 0 Å². The molecule has 0 unspecified atom stereocenters. The van der Waals surface area contributed by atoms with Gasteiger partial charge < -0.3 is 11.5 Å². The van der Waals surface area contributed by atoms with Crippen LogP contribution < -0.4 is 22.3 Å². The third-order valence-electron chi connectivity index (χ3n) is 6.04. The van der Waals surface area contributed by atoms with Crippen molar-refractivity contribution in [1.29, 1.82) is 0 Å². The number of nitrogens with one attached hydrogen (secondary N) is 2. The molecular weight excluding hydrogens is 436 g/mol. The van der Waals surface area contributed by atoms with Gasteiger partial charge in [0.15, 0.2) is 0 Å². The number of nitrogens with zero attached hydrogens (tertiary/aromatic N) is 4. The summed E-state index contributed by atoms with van der Waals surface area (Å²) in [6.45, 7) is 9.64. The highest BCUT2D eigenvalue weighted by molar-refractivity contribution is 6.06. The monoisotopic (exact) mass is 474 g/mol. The van der Waals surface area contributed by atoms with Crippen LogP contribution in [-0.2, 0) is 6.42 Å². The Labute approximate surface area is 208 Å². The lowest BCUT2D eigenvalue weighted by atomic mass is 9.99. The molecule has 0 saturated carbocycles. The Bertz CT molecular complexity index is 1050. The Hall–Kier alpha value is -3.68. The van der Waals surface area contributed by atoms with E-state index in [1.54, 1.807) is 0 Å². The third kappa shape index (κ3) is 6.68. The van der Waals surface area contributed by atoms with E-state index in [1.807, 2.05) is 13.8 Å². The lowest BCUT2D eigenvalue weighted by Gasteiger charge is -2.09. The highest BCUT2D eigenvalue weighted by Crippen LogP contribution is 2.40. The van der Waals surface area contributed by atoms with Crippen molar-refractivity contribution in [3.05, 3.63) is 58.7 Å². The number of unbranched alkanes of at least 4 members (excludes halogenated alkanes) is 2. The predicted molar refractivity (Wildman–Crippen MR) is 148 cm³/mol. The van der Waals surface area contributed by atoms with E-state index in [9.17, 15) is 0 Å². The van der Waals surface area contributed by atoms with Gasteiger partial charge >= 0.3 is 0 Å². The minimum atomic E-state index is 0.341. The second kappa shape index (κ2) is 12.7. The van der Waals surface area contributed by atoms with Gasteiger partial charge in [-0.15, -0.1) is 0 Å². The smallest absolute Gasteiger partial charge is 0.209 e. The fraction of sp³-hybridized carbons (Fsp3) is 0.407. The third-order valence-corrected chi connectivity index (χ3v) is 6.04. The van der Waals surface area contributed by atoms with Crippen LogP contribution in [0.15, 0.2) is 56.6 Å². The summed E-state index contributed by atoms with van der Waals surface area (Å²) >= 11 is 0. The Morgan fingerprint density at radius 1 is 0.743 bits per heavy atom. The van der Waals surface area contributed by atoms with Crippen LogP contribution in [0.2, 0.25) is 0 Å². The van der Waals surface area contributed by atoms with Crippen LogP contribution >= 0.6 is 0 Å². The summed E-state index contributed by atoms with van der Waals surface area (Å²) in [6, 6.07) is 12.7. The van der Waals surface area contributed by atoms with Crippen LogP contribution in [0, 0.1) is 0 Å². The largest absolute Gasteiger partial charge is 0.369 e. The van der Waals surface area contributed by atoms with Crippen LogP contribution in [0.25, 0.3) is 11.1 Å². The maximum absolute atomic E-state index is 5.95. The summed E-state index contributed by atoms with van der Waals surface area (Å²) in [5, 5.41) is 9.00. The fourth-order valence-electron chi connectivity index (χ4n) is 4.10. The zero-order chi connectivity index (χ0) is 25.2. The van der Waals surface area contributed by atoms with Gasteiger partial charge in [0.05, 0.1) is 11.4 Å². The molecule has 0 bridgehead atoms. The van der Waals surface area contributed by atoms with Crippen molar-refractivity contribution in [2.24, 2.45) is 31.7 Å². The van der Waals surface area contributed by atoms with Gasteiger partial charge in [0.25, 0.3) is 0 Å². The van der Waals surface area contributed by atoms with E-state index in [4.69, 9.17) is 11.5 Å². The van der Waals surface area contributed by atoms with Crippen molar-refractivity contribution >= 4 is 23.3 Å². The van der Waals surface area contributed by atoms with E-state index in [2.05, 4.69) is 81.3 Å². The Morgan fingerprint density at radius 3 is 1.57 bits per heavy atom. The van der Waals surface area contributed by atoms with Crippen molar-refractivity contribution < 1.29 is 0 Å². The molecule has 0 amide bonds. The minimum Gasteiger partial charge on any atom is -0.369 e. The summed E-state index contributed by atoms with van der Waals surface area (Å²) in [7, 11) is 0. The van der Waals surface area contributed by atoms with Gasteiger partial charge in [-0.05, 0) is 55.4 Å². The highest BCUT2D eigenvalue weighted by atomic mass is 15.4. The summed E-state index contributed by atoms with van der Waals surface area (Å²) < 4.78 is 0. The van der Waals surface area contributed by atoms with E-state index < -0.39 is 0 Å². The normalized spacial score (nSPS) is 14.1. The van der Waals surface area contributed by atoms with E-state index in [0.29, 0.717) is 25.0 Å². The van der Waals surface area contributed by atoms with Crippen LogP contribution in [0.1, 0.15) is 75.6 Å². The second-order valence-corrected chi connectivity index (χ2v) is 8.70. The minimum absolute atomic E-state index is 0.341. The molecule has 1 aliphatic rings. The zero-order valence-corrected chi connectivity index (χ0v) is 21.4. The number of aliphatic imine (C=N–C) groups is 2. The molecule has 0 atom stereocenters. The predicted octanol–water partition coefficient (Wildman–Crippen LogP) is 4.11. The van der Waals surface area contributed by atoms with Gasteiger partial charge in [0.1, 0.15) is 0 Å². The molecule has 0 aromatic heterocycles. The lowest BCUT2D eigenvalue weighted by molar-refractivity contribution is 0.799. The van der Waals surface area contributed by atoms with E-state index in [1.165, 1.54) is 22.3 Å². The van der Waals surface area contributed by atoms with Crippen LogP contribution in [0.5, 0.6) is 0 Å². The molecule has 186 valence electrons. The first-order valence-corrected chi connectivity index (χ1v) is 12.4. The van der Waals surface area contributed by atoms with Crippen molar-refractivity contribution in [2.45, 2.75) is 59.8 Å². The molecule has 35 heavy (non-hydrogen) atoms. The van der Waals surface area contributed by atoms with E-state index in [-0.39, 0.29) is 0 Å². The number of hydrogen-bond donors (Lipinski definition) is 4. The number of guanidine groups is 2. The Morgan fingerprint density at radius 2 is 1.17 bits per heavy atom. The molecule has 0 heterocycles. The SMILES string of the molecule is CCCCN=C(N)N/N=C(\C)c1cccc2c1Cc1c(/C(C)=N/NC(N)=NCCCC)cccc1-2. The molecule has 0 fully saturated rings. The second-order valence-electron chi connectivity index (χ2n) is 8.70. The van der Waals surface area contributed by atoms with Gasteiger partial charge in [-0.2, -0.15) is 10.2 Å². The van der Waals surface area contributed by atoms with Gasteiger partial charge in [0, 0.05) is 24.2 Å². The first kappa shape index (κ1) is 25.9. The van der Waals surface area contributed by atoms with Crippen molar-refractivity contribution in [2.75, 3.05) is 13.1 Å². The average molecular weight is 475 g/mol. The maximum Gasteiger partial charge on any atom is 0.209 e. The summed E-state index contributed by atoms with van der Waals surface area (Å²) in [4.78, 5) is 8.61. The topological polar surface area (TPSA) is 126 Å². The van der Waals surface area contributed by atoms with Crippen molar-refractivity contribution in [3.8, 4) is 11.1 Å². The first-order valence-electron chi connectivity index (χ1n) is 12.4. The van der Waals surface area contributed by atoms with Gasteiger partial charge in [0.2, 0.25) is 11.9 Å². The molecule has 0 aliphatic heterocycles. The number of hydrazone groups is 2. The van der Waals surface area contributed by atoms with Crippen molar-refractivity contribution in [3.63, 3.8) is 0 Å². The first-order chi connectivity index (χ1) is 17.0. The molecule has 3 rings (SSSR count). The van der Waals surface area contributed by atoms with Gasteiger partial charge in [-0.1, -0.05) is 63.1 Å². The summed E-state index contributed by atoms with van der Waals surface area (Å²) in [5.74, 6) is 0.681. The maximum atomic E-state index is 5.95. The van der Waals surface area contributed by atoms with Crippen LogP contribution in [0.3, 0.4) is 0 Å². The molecular formula is C27H38N8. The molecule has 2 aromatic carbocycles. The number of nitrogens with two attached hydrogens (primary N) is 2. The molecule has 0 radical (unpaired) electrons. The molecule has 2 aromatic rings. The number of benzene rings is 2. The van der Waals surface area contributed by atoms with Crippen molar-refractivity contribution in [1.82, 2.24) is 10.9 Å². The van der Waals surface area contributed by atoms with Crippen LogP contribution in [-0.4, -0.2) is 36.4 Å². The fourth-order valence-corrected chi connectivity index (χ4v) is 4.10. The molecule has 8 nitrogen and oxygen atoms in total. The number of rotatable bonds is 10. The molecule has 0 saturated heterocycles. The lowest BCUT2D eigenvalue weighted by Crippen LogP contribution is -2.28. The summed E-state index contributed by atoms with van der Waals surface area (Å²) in [6.07, 6.45) is 4.98. The number of hydrogen-bond acceptors (Lipinski definition) is 4. The summed E-state index contributed by atoms with van der Waals surface area (Å²) in [5.41, 5.74) is 26.6. The molecule has 1 aliphatic carbocycles. The Kier molecular flexibility index (Phi) is 9.40. The van der Waals surface area contributed by atoms with Gasteiger partial charge in [-0.25, -0.2) is 10.9 Å².